The van der Waals surface area contributed by atoms with Crippen LogP contribution in [-0.2, 0) is 4.79 Å². The predicted octanol–water partition coefficient (Wildman–Crippen LogP) is 3.26. The third kappa shape index (κ3) is 5.59. The van der Waals surface area contributed by atoms with Gasteiger partial charge in [0.25, 0.3) is 0 Å². The molecule has 1 aliphatic rings. The first-order valence-corrected chi connectivity index (χ1v) is 8.62. The molecule has 0 heterocycles. The lowest BCUT2D eigenvalue weighted by Gasteiger charge is -2.34. The maximum absolute atomic E-state index is 11.7. The van der Waals surface area contributed by atoms with Gasteiger partial charge in [-0.1, -0.05) is 26.2 Å². The Morgan fingerprint density at radius 2 is 1.95 bits per heavy atom. The highest BCUT2D eigenvalue weighted by Gasteiger charge is 2.36. The fraction of sp³-hybridized carbons (Fsp3) is 0.941. The number of aliphatic carboxylic acids is 1. The molecule has 0 aromatic heterocycles. The summed E-state index contributed by atoms with van der Waals surface area (Å²) in [4.78, 5) is 14.1. The molecule has 0 spiro atoms. The van der Waals surface area contributed by atoms with Crippen LogP contribution < -0.4 is 5.32 Å². The summed E-state index contributed by atoms with van der Waals surface area (Å²) in [5.41, 5.74) is -0.762. The monoisotopic (exact) mass is 298 g/mol. The number of carboxylic acid groups (broad SMARTS) is 1. The van der Waals surface area contributed by atoms with E-state index < -0.39 is 11.5 Å². The molecule has 4 nitrogen and oxygen atoms in total. The summed E-state index contributed by atoms with van der Waals surface area (Å²) in [6.07, 6.45) is 8.95. The molecule has 1 atom stereocenters. The Kier molecular flexibility index (Phi) is 7.67. The molecule has 1 unspecified atom stereocenters. The first-order chi connectivity index (χ1) is 9.91. The van der Waals surface area contributed by atoms with Crippen LogP contribution in [0.15, 0.2) is 0 Å². The Labute approximate surface area is 130 Å². The topological polar surface area (TPSA) is 52.6 Å². The van der Waals surface area contributed by atoms with Crippen LogP contribution in [0.4, 0.5) is 0 Å². The van der Waals surface area contributed by atoms with E-state index in [0.717, 1.165) is 13.0 Å². The second kappa shape index (κ2) is 8.74. The van der Waals surface area contributed by atoms with Crippen molar-refractivity contribution in [1.29, 1.82) is 0 Å². The van der Waals surface area contributed by atoms with Crippen LogP contribution in [0.25, 0.3) is 0 Å². The van der Waals surface area contributed by atoms with E-state index in [9.17, 15) is 9.90 Å². The number of hydrogen-bond donors (Lipinski definition) is 2. The summed E-state index contributed by atoms with van der Waals surface area (Å²) in [7, 11) is 2.19. The van der Waals surface area contributed by atoms with E-state index >= 15 is 0 Å². The largest absolute Gasteiger partial charge is 0.480 e. The molecule has 124 valence electrons. The van der Waals surface area contributed by atoms with Crippen molar-refractivity contribution in [1.82, 2.24) is 10.2 Å². The standard InChI is InChI=1S/C17H34N2O2/c1-5-17(16(20)21,18-14(2)3)12-9-13-19(4)15-10-7-6-8-11-15/h14-15,18H,5-13H2,1-4H3,(H,20,21). The molecule has 4 heteroatoms. The molecular formula is C17H34N2O2. The fourth-order valence-corrected chi connectivity index (χ4v) is 3.56. The molecule has 1 rings (SSSR count). The fourth-order valence-electron chi connectivity index (χ4n) is 3.56. The van der Waals surface area contributed by atoms with Crippen molar-refractivity contribution >= 4 is 5.97 Å². The van der Waals surface area contributed by atoms with Gasteiger partial charge >= 0.3 is 5.97 Å². The zero-order valence-corrected chi connectivity index (χ0v) is 14.3. The molecule has 1 aliphatic carbocycles. The molecule has 0 radical (unpaired) electrons. The van der Waals surface area contributed by atoms with Gasteiger partial charge in [0.05, 0.1) is 0 Å². The molecule has 0 saturated heterocycles. The van der Waals surface area contributed by atoms with Gasteiger partial charge in [-0.25, -0.2) is 0 Å². The summed E-state index contributed by atoms with van der Waals surface area (Å²) in [5, 5.41) is 12.9. The number of rotatable bonds is 9. The highest BCUT2D eigenvalue weighted by atomic mass is 16.4. The number of carboxylic acids is 1. The summed E-state index contributed by atoms with van der Waals surface area (Å²) in [6.45, 7) is 7.00. The Morgan fingerprint density at radius 3 is 2.43 bits per heavy atom. The van der Waals surface area contributed by atoms with Crippen LogP contribution in [0.5, 0.6) is 0 Å². The quantitative estimate of drug-likeness (QED) is 0.686. The van der Waals surface area contributed by atoms with Gasteiger partial charge in [-0.2, -0.15) is 0 Å². The van der Waals surface area contributed by atoms with E-state index in [4.69, 9.17) is 0 Å². The second-order valence-corrected chi connectivity index (χ2v) is 6.92. The SMILES string of the molecule is CCC(CCCN(C)C1CCCCC1)(NC(C)C)C(=O)O. The van der Waals surface area contributed by atoms with Crippen LogP contribution in [-0.4, -0.2) is 47.2 Å². The lowest BCUT2D eigenvalue weighted by atomic mass is 9.89. The van der Waals surface area contributed by atoms with E-state index in [1.807, 2.05) is 20.8 Å². The van der Waals surface area contributed by atoms with Gasteiger partial charge in [0, 0.05) is 12.1 Å². The van der Waals surface area contributed by atoms with Gasteiger partial charge in [0.15, 0.2) is 0 Å². The molecule has 0 amide bonds. The van der Waals surface area contributed by atoms with E-state index in [-0.39, 0.29) is 6.04 Å². The van der Waals surface area contributed by atoms with Crippen molar-refractivity contribution < 1.29 is 9.90 Å². The number of nitrogens with one attached hydrogen (secondary N) is 1. The van der Waals surface area contributed by atoms with Crippen LogP contribution in [0.3, 0.4) is 0 Å². The molecule has 0 bridgehead atoms. The van der Waals surface area contributed by atoms with Crippen LogP contribution in [0.1, 0.15) is 72.1 Å². The number of nitrogens with zero attached hydrogens (tertiary/aromatic N) is 1. The molecule has 1 saturated carbocycles. The number of carbonyl (C=O) groups is 1. The lowest BCUT2D eigenvalue weighted by Crippen LogP contribution is -2.54. The van der Waals surface area contributed by atoms with Crippen LogP contribution in [0.2, 0.25) is 0 Å². The van der Waals surface area contributed by atoms with Crippen molar-refractivity contribution in [3.05, 3.63) is 0 Å². The van der Waals surface area contributed by atoms with Crippen molar-refractivity contribution in [2.24, 2.45) is 0 Å². The van der Waals surface area contributed by atoms with E-state index in [2.05, 4.69) is 17.3 Å². The molecule has 2 N–H and O–H groups in total. The maximum atomic E-state index is 11.7. The van der Waals surface area contributed by atoms with Crippen molar-refractivity contribution in [3.63, 3.8) is 0 Å². The van der Waals surface area contributed by atoms with E-state index in [1.54, 1.807) is 0 Å². The van der Waals surface area contributed by atoms with Crippen molar-refractivity contribution in [3.8, 4) is 0 Å². The maximum Gasteiger partial charge on any atom is 0.323 e. The molecule has 0 aromatic carbocycles. The molecule has 0 aromatic rings. The zero-order chi connectivity index (χ0) is 15.9. The average Bonchev–Trinajstić information content (AvgIpc) is 2.46. The Bertz CT molecular complexity index is 314. The summed E-state index contributed by atoms with van der Waals surface area (Å²) >= 11 is 0. The Hall–Kier alpha value is -0.610. The second-order valence-electron chi connectivity index (χ2n) is 6.92. The van der Waals surface area contributed by atoms with Gasteiger partial charge in [0.1, 0.15) is 5.54 Å². The van der Waals surface area contributed by atoms with Crippen molar-refractivity contribution in [2.75, 3.05) is 13.6 Å². The first-order valence-electron chi connectivity index (χ1n) is 8.62. The number of hydrogen-bond acceptors (Lipinski definition) is 3. The van der Waals surface area contributed by atoms with Gasteiger partial charge in [-0.05, 0) is 59.5 Å². The van der Waals surface area contributed by atoms with Gasteiger partial charge in [0.2, 0.25) is 0 Å². The predicted molar refractivity (Wildman–Crippen MR) is 87.7 cm³/mol. The lowest BCUT2D eigenvalue weighted by molar-refractivity contribution is -0.145. The molecule has 0 aliphatic heterocycles. The minimum atomic E-state index is -0.762. The first kappa shape index (κ1) is 18.4. The minimum Gasteiger partial charge on any atom is -0.480 e. The smallest absolute Gasteiger partial charge is 0.323 e. The van der Waals surface area contributed by atoms with Gasteiger partial charge in [-0.15, -0.1) is 0 Å². The third-order valence-corrected chi connectivity index (χ3v) is 4.89. The van der Waals surface area contributed by atoms with Crippen molar-refractivity contribution in [2.45, 2.75) is 89.8 Å². The summed E-state index contributed by atoms with van der Waals surface area (Å²) in [6, 6.07) is 0.898. The highest BCUT2D eigenvalue weighted by molar-refractivity contribution is 5.78. The molecule has 1 fully saturated rings. The van der Waals surface area contributed by atoms with Crippen LogP contribution >= 0.6 is 0 Å². The third-order valence-electron chi connectivity index (χ3n) is 4.89. The van der Waals surface area contributed by atoms with Gasteiger partial charge < -0.3 is 10.0 Å². The summed E-state index contributed by atoms with van der Waals surface area (Å²) < 4.78 is 0. The molecule has 21 heavy (non-hydrogen) atoms. The normalized spacial score (nSPS) is 19.9. The highest BCUT2D eigenvalue weighted by Crippen LogP contribution is 2.23. The van der Waals surface area contributed by atoms with Gasteiger partial charge in [-0.3, -0.25) is 10.1 Å². The summed E-state index contributed by atoms with van der Waals surface area (Å²) in [5.74, 6) is -0.709. The average molecular weight is 298 g/mol. The van der Waals surface area contributed by atoms with E-state index in [1.165, 1.54) is 32.1 Å². The molecular weight excluding hydrogens is 264 g/mol. The Morgan fingerprint density at radius 1 is 1.33 bits per heavy atom. The zero-order valence-electron chi connectivity index (χ0n) is 14.3. The minimum absolute atomic E-state index is 0.192. The van der Waals surface area contributed by atoms with E-state index in [0.29, 0.717) is 18.9 Å². The van der Waals surface area contributed by atoms with Crippen LogP contribution in [0, 0.1) is 0 Å². The Balaban J connectivity index is 2.47.